The van der Waals surface area contributed by atoms with Crippen LogP contribution < -0.4 is 0 Å². The Morgan fingerprint density at radius 2 is 2.50 bits per heavy atom. The molecule has 0 saturated carbocycles. The van der Waals surface area contributed by atoms with Crippen LogP contribution in [-0.4, -0.2) is 6.61 Å². The first-order valence-electron chi connectivity index (χ1n) is 4.17. The average Bonchev–Trinajstić information content (AvgIpc) is 1.94. The van der Waals surface area contributed by atoms with Gasteiger partial charge >= 0.3 is 0 Å². The fourth-order valence-electron chi connectivity index (χ4n) is 1.38. The Kier molecular flexibility index (Phi) is 2.79. The van der Waals surface area contributed by atoms with Crippen LogP contribution in [-0.2, 0) is 4.74 Å². The van der Waals surface area contributed by atoms with Crippen LogP contribution in [0.5, 0.6) is 0 Å². The van der Waals surface area contributed by atoms with Crippen molar-refractivity contribution in [2.45, 2.75) is 33.1 Å². The second kappa shape index (κ2) is 3.65. The van der Waals surface area contributed by atoms with E-state index in [0.717, 1.165) is 6.61 Å². The van der Waals surface area contributed by atoms with Crippen molar-refractivity contribution >= 4 is 0 Å². The van der Waals surface area contributed by atoms with Gasteiger partial charge in [-0.3, -0.25) is 0 Å². The van der Waals surface area contributed by atoms with E-state index >= 15 is 0 Å². The van der Waals surface area contributed by atoms with E-state index < -0.39 is 0 Å². The van der Waals surface area contributed by atoms with E-state index in [9.17, 15) is 0 Å². The zero-order chi connectivity index (χ0) is 7.40. The molecular formula is C9H16O. The van der Waals surface area contributed by atoms with Gasteiger partial charge in [-0.05, 0) is 32.3 Å². The van der Waals surface area contributed by atoms with Gasteiger partial charge in [-0.25, -0.2) is 0 Å². The number of allylic oxidation sites excluding steroid dienone is 2. The van der Waals surface area contributed by atoms with Gasteiger partial charge in [0.05, 0.1) is 12.4 Å². The molecule has 0 heterocycles. The summed E-state index contributed by atoms with van der Waals surface area (Å²) < 4.78 is 5.46. The minimum atomic E-state index is 0.661. The highest BCUT2D eigenvalue weighted by atomic mass is 16.5. The maximum absolute atomic E-state index is 5.46. The van der Waals surface area contributed by atoms with Gasteiger partial charge in [-0.1, -0.05) is 6.92 Å². The molecule has 0 amide bonds. The van der Waals surface area contributed by atoms with Crippen LogP contribution in [0.4, 0.5) is 0 Å². The lowest BCUT2D eigenvalue weighted by Gasteiger charge is -2.19. The van der Waals surface area contributed by atoms with Crippen LogP contribution in [0.2, 0.25) is 0 Å². The molecule has 0 fully saturated rings. The summed E-state index contributed by atoms with van der Waals surface area (Å²) in [6, 6.07) is 0. The first-order chi connectivity index (χ1) is 4.84. The summed E-state index contributed by atoms with van der Waals surface area (Å²) in [4.78, 5) is 0. The Labute approximate surface area is 63.1 Å². The molecule has 0 spiro atoms. The molecule has 0 radical (unpaired) electrons. The number of rotatable bonds is 2. The normalized spacial score (nSPS) is 25.8. The van der Waals surface area contributed by atoms with E-state index in [0.29, 0.717) is 5.92 Å². The summed E-state index contributed by atoms with van der Waals surface area (Å²) in [7, 11) is 0. The van der Waals surface area contributed by atoms with Crippen molar-refractivity contribution in [2.75, 3.05) is 6.61 Å². The highest BCUT2D eigenvalue weighted by molar-refractivity contribution is 5.00. The van der Waals surface area contributed by atoms with E-state index in [1.807, 2.05) is 6.92 Å². The summed E-state index contributed by atoms with van der Waals surface area (Å²) in [5.41, 5.74) is 0. The maximum atomic E-state index is 5.46. The predicted molar refractivity (Wildman–Crippen MR) is 42.7 cm³/mol. The van der Waals surface area contributed by atoms with Crippen molar-refractivity contribution in [3.05, 3.63) is 11.8 Å². The summed E-state index contributed by atoms with van der Waals surface area (Å²) in [6.07, 6.45) is 6.07. The number of hydrogen-bond acceptors (Lipinski definition) is 1. The molecule has 1 heteroatoms. The molecule has 0 unspecified atom stereocenters. The highest BCUT2D eigenvalue weighted by Gasteiger charge is 2.12. The molecule has 10 heavy (non-hydrogen) atoms. The van der Waals surface area contributed by atoms with E-state index in [1.165, 1.54) is 25.0 Å². The van der Waals surface area contributed by atoms with E-state index in [1.54, 1.807) is 0 Å². The quantitative estimate of drug-likeness (QED) is 0.573. The molecule has 0 aromatic rings. The van der Waals surface area contributed by atoms with E-state index in [-0.39, 0.29) is 0 Å². The van der Waals surface area contributed by atoms with Crippen molar-refractivity contribution in [3.63, 3.8) is 0 Å². The van der Waals surface area contributed by atoms with Gasteiger partial charge in [0, 0.05) is 5.92 Å². The Bertz CT molecular complexity index is 127. The molecular weight excluding hydrogens is 124 g/mol. The smallest absolute Gasteiger partial charge is 0.0947 e. The molecule has 0 aromatic carbocycles. The standard InChI is InChI=1S/C9H16O/c1-3-10-9-7-5-4-6-8(9)2/h7-8H,3-6H2,1-2H3/t8-/m0/s1. The van der Waals surface area contributed by atoms with Gasteiger partial charge in [0.25, 0.3) is 0 Å². The lowest BCUT2D eigenvalue weighted by molar-refractivity contribution is 0.184. The van der Waals surface area contributed by atoms with Gasteiger partial charge in [-0.15, -0.1) is 0 Å². The van der Waals surface area contributed by atoms with Gasteiger partial charge in [0.2, 0.25) is 0 Å². The molecule has 0 aliphatic heterocycles. The summed E-state index contributed by atoms with van der Waals surface area (Å²) in [5.74, 6) is 1.88. The Morgan fingerprint density at radius 3 is 3.10 bits per heavy atom. The third-order valence-corrected chi connectivity index (χ3v) is 1.98. The van der Waals surface area contributed by atoms with Crippen molar-refractivity contribution < 1.29 is 4.74 Å². The average molecular weight is 140 g/mol. The minimum absolute atomic E-state index is 0.661. The molecule has 0 bridgehead atoms. The molecule has 1 aliphatic carbocycles. The Morgan fingerprint density at radius 1 is 1.70 bits per heavy atom. The summed E-state index contributed by atoms with van der Waals surface area (Å²) in [5, 5.41) is 0. The monoisotopic (exact) mass is 140 g/mol. The van der Waals surface area contributed by atoms with E-state index in [2.05, 4.69) is 13.0 Å². The van der Waals surface area contributed by atoms with Crippen LogP contribution in [0.3, 0.4) is 0 Å². The second-order valence-electron chi connectivity index (χ2n) is 2.87. The van der Waals surface area contributed by atoms with E-state index in [4.69, 9.17) is 4.74 Å². The second-order valence-corrected chi connectivity index (χ2v) is 2.87. The molecule has 0 saturated heterocycles. The van der Waals surface area contributed by atoms with Crippen LogP contribution in [0, 0.1) is 5.92 Å². The summed E-state index contributed by atoms with van der Waals surface area (Å²) in [6.45, 7) is 5.10. The van der Waals surface area contributed by atoms with Crippen LogP contribution in [0.15, 0.2) is 11.8 Å². The SMILES string of the molecule is CCOC1=CCCC[C@@H]1C. The van der Waals surface area contributed by atoms with Crippen molar-refractivity contribution in [1.82, 2.24) is 0 Å². The molecule has 1 aliphatic rings. The molecule has 0 N–H and O–H groups in total. The van der Waals surface area contributed by atoms with Gasteiger partial charge in [0.1, 0.15) is 0 Å². The molecule has 58 valence electrons. The van der Waals surface area contributed by atoms with Gasteiger partial charge in [0.15, 0.2) is 0 Å². The molecule has 0 aromatic heterocycles. The summed E-state index contributed by atoms with van der Waals surface area (Å²) >= 11 is 0. The number of hydrogen-bond donors (Lipinski definition) is 0. The van der Waals surface area contributed by atoms with Gasteiger partial charge < -0.3 is 4.74 Å². The molecule has 1 nitrogen and oxygen atoms in total. The van der Waals surface area contributed by atoms with Crippen LogP contribution >= 0.6 is 0 Å². The Balaban J connectivity index is 2.44. The lowest BCUT2D eigenvalue weighted by Crippen LogP contribution is -2.07. The van der Waals surface area contributed by atoms with Crippen LogP contribution in [0.1, 0.15) is 33.1 Å². The zero-order valence-electron chi connectivity index (χ0n) is 6.89. The van der Waals surface area contributed by atoms with Crippen LogP contribution in [0.25, 0.3) is 0 Å². The maximum Gasteiger partial charge on any atom is 0.0947 e. The molecule has 1 rings (SSSR count). The van der Waals surface area contributed by atoms with Gasteiger partial charge in [-0.2, -0.15) is 0 Å². The zero-order valence-corrected chi connectivity index (χ0v) is 6.89. The van der Waals surface area contributed by atoms with Crippen molar-refractivity contribution in [1.29, 1.82) is 0 Å². The highest BCUT2D eigenvalue weighted by Crippen LogP contribution is 2.24. The third kappa shape index (κ3) is 1.76. The van der Waals surface area contributed by atoms with Crippen molar-refractivity contribution in [3.8, 4) is 0 Å². The first-order valence-corrected chi connectivity index (χ1v) is 4.17. The van der Waals surface area contributed by atoms with Crippen molar-refractivity contribution in [2.24, 2.45) is 5.92 Å². The topological polar surface area (TPSA) is 9.23 Å². The number of ether oxygens (including phenoxy) is 1. The minimum Gasteiger partial charge on any atom is -0.498 e. The molecule has 1 atom stereocenters. The fourth-order valence-corrected chi connectivity index (χ4v) is 1.38. The predicted octanol–water partition coefficient (Wildman–Crippen LogP) is 2.73. The lowest BCUT2D eigenvalue weighted by atomic mass is 9.96. The third-order valence-electron chi connectivity index (χ3n) is 1.98. The largest absolute Gasteiger partial charge is 0.498 e. The fraction of sp³-hybridized carbons (Fsp3) is 0.778. The Hall–Kier alpha value is -0.460. The first kappa shape index (κ1) is 7.64.